The molecule has 0 aliphatic heterocycles. The van der Waals surface area contributed by atoms with Gasteiger partial charge in [-0.3, -0.25) is 9.39 Å². The van der Waals surface area contributed by atoms with Gasteiger partial charge in [0.1, 0.15) is 5.82 Å². The Balaban J connectivity index is 1.37. The van der Waals surface area contributed by atoms with Crippen molar-refractivity contribution in [1.29, 1.82) is 0 Å². The van der Waals surface area contributed by atoms with E-state index >= 15 is 0 Å². The van der Waals surface area contributed by atoms with Crippen molar-refractivity contribution in [2.24, 2.45) is 4.99 Å². The van der Waals surface area contributed by atoms with Gasteiger partial charge in [-0.15, -0.1) is 10.2 Å². The SMILES string of the molecule is CN=C(NCCc1nnc2ccccn12)NCC(c1ccccc1)c1ccccc1. The van der Waals surface area contributed by atoms with Gasteiger partial charge >= 0.3 is 0 Å². The maximum Gasteiger partial charge on any atom is 0.191 e. The molecule has 0 saturated carbocycles. The Kier molecular flexibility index (Phi) is 6.35. The van der Waals surface area contributed by atoms with Gasteiger partial charge in [-0.1, -0.05) is 66.7 Å². The maximum atomic E-state index is 4.38. The molecule has 2 aromatic carbocycles. The van der Waals surface area contributed by atoms with Gasteiger partial charge < -0.3 is 10.6 Å². The molecule has 4 aromatic rings. The van der Waals surface area contributed by atoms with Crippen molar-refractivity contribution < 1.29 is 0 Å². The van der Waals surface area contributed by atoms with E-state index in [0.717, 1.165) is 36.9 Å². The van der Waals surface area contributed by atoms with Crippen molar-refractivity contribution in [3.8, 4) is 0 Å². The molecule has 0 atom stereocenters. The summed E-state index contributed by atoms with van der Waals surface area (Å²) in [5.74, 6) is 1.95. The number of hydrogen-bond acceptors (Lipinski definition) is 3. The van der Waals surface area contributed by atoms with Crippen LogP contribution in [0.2, 0.25) is 0 Å². The summed E-state index contributed by atoms with van der Waals surface area (Å²) in [6, 6.07) is 27.0. The molecule has 2 N–H and O–H groups in total. The Hall–Kier alpha value is -3.67. The zero-order chi connectivity index (χ0) is 20.6. The van der Waals surface area contributed by atoms with Crippen molar-refractivity contribution in [2.45, 2.75) is 12.3 Å². The number of rotatable bonds is 7. The smallest absolute Gasteiger partial charge is 0.191 e. The van der Waals surface area contributed by atoms with E-state index in [4.69, 9.17) is 0 Å². The first-order valence-electron chi connectivity index (χ1n) is 10.2. The molecule has 0 amide bonds. The van der Waals surface area contributed by atoms with E-state index in [1.165, 1.54) is 11.1 Å². The Bertz CT molecular complexity index is 1050. The van der Waals surface area contributed by atoms with E-state index in [1.54, 1.807) is 7.05 Å². The second kappa shape index (κ2) is 9.69. The third-order valence-corrected chi connectivity index (χ3v) is 5.13. The largest absolute Gasteiger partial charge is 0.356 e. The summed E-state index contributed by atoms with van der Waals surface area (Å²) in [6.45, 7) is 1.47. The molecule has 0 saturated heterocycles. The van der Waals surface area contributed by atoms with Crippen molar-refractivity contribution in [3.05, 3.63) is 102 Å². The topological polar surface area (TPSA) is 66.6 Å². The zero-order valence-electron chi connectivity index (χ0n) is 17.1. The van der Waals surface area contributed by atoms with Crippen LogP contribution in [-0.2, 0) is 6.42 Å². The zero-order valence-corrected chi connectivity index (χ0v) is 17.1. The van der Waals surface area contributed by atoms with E-state index < -0.39 is 0 Å². The predicted molar refractivity (Wildman–Crippen MR) is 121 cm³/mol. The second-order valence-electron chi connectivity index (χ2n) is 7.05. The summed E-state index contributed by atoms with van der Waals surface area (Å²) in [7, 11) is 1.79. The van der Waals surface area contributed by atoms with Gasteiger partial charge in [0.25, 0.3) is 0 Å². The molecule has 6 heteroatoms. The molecule has 4 rings (SSSR count). The van der Waals surface area contributed by atoms with Crippen LogP contribution in [0.25, 0.3) is 5.65 Å². The van der Waals surface area contributed by atoms with Crippen LogP contribution in [0.1, 0.15) is 22.9 Å². The summed E-state index contributed by atoms with van der Waals surface area (Å²) in [5.41, 5.74) is 3.42. The molecule has 2 aromatic heterocycles. The van der Waals surface area contributed by atoms with Gasteiger partial charge in [-0.2, -0.15) is 0 Å². The van der Waals surface area contributed by atoms with Crippen LogP contribution in [0, 0.1) is 0 Å². The highest BCUT2D eigenvalue weighted by molar-refractivity contribution is 5.79. The fraction of sp³-hybridized carbons (Fsp3) is 0.208. The molecule has 30 heavy (non-hydrogen) atoms. The first-order valence-corrected chi connectivity index (χ1v) is 10.2. The lowest BCUT2D eigenvalue weighted by Gasteiger charge is -2.20. The molecule has 0 bridgehead atoms. The lowest BCUT2D eigenvalue weighted by molar-refractivity contribution is 0.717. The highest BCUT2D eigenvalue weighted by atomic mass is 15.2. The number of aliphatic imine (C=N–C) groups is 1. The quantitative estimate of drug-likeness (QED) is 0.370. The Morgan fingerprint density at radius 3 is 2.20 bits per heavy atom. The van der Waals surface area contributed by atoms with Crippen LogP contribution in [0.4, 0.5) is 0 Å². The summed E-state index contributed by atoms with van der Waals surface area (Å²) >= 11 is 0. The normalized spacial score (nSPS) is 11.7. The van der Waals surface area contributed by atoms with Crippen LogP contribution in [-0.4, -0.2) is 40.7 Å². The maximum absolute atomic E-state index is 4.38. The van der Waals surface area contributed by atoms with E-state index in [9.17, 15) is 0 Å². The molecule has 0 spiro atoms. The van der Waals surface area contributed by atoms with E-state index in [-0.39, 0.29) is 5.92 Å². The third-order valence-electron chi connectivity index (χ3n) is 5.13. The Morgan fingerprint density at radius 1 is 0.867 bits per heavy atom. The molecule has 0 aliphatic rings. The fourth-order valence-electron chi connectivity index (χ4n) is 3.57. The number of nitrogens with zero attached hydrogens (tertiary/aromatic N) is 4. The minimum atomic E-state index is 0.242. The van der Waals surface area contributed by atoms with Crippen LogP contribution in [0.5, 0.6) is 0 Å². The summed E-state index contributed by atoms with van der Waals surface area (Å²) in [4.78, 5) is 4.38. The van der Waals surface area contributed by atoms with Gasteiger partial charge in [0.2, 0.25) is 0 Å². The summed E-state index contributed by atoms with van der Waals surface area (Å²) in [6.07, 6.45) is 2.74. The average molecular weight is 399 g/mol. The second-order valence-corrected chi connectivity index (χ2v) is 7.05. The first-order chi connectivity index (χ1) is 14.8. The lowest BCUT2D eigenvalue weighted by Crippen LogP contribution is -2.40. The highest BCUT2D eigenvalue weighted by Gasteiger charge is 2.14. The highest BCUT2D eigenvalue weighted by Crippen LogP contribution is 2.23. The fourth-order valence-corrected chi connectivity index (χ4v) is 3.57. The number of pyridine rings is 1. The van der Waals surface area contributed by atoms with Gasteiger partial charge in [-0.05, 0) is 23.3 Å². The number of fused-ring (bicyclic) bond motifs is 1. The summed E-state index contributed by atoms with van der Waals surface area (Å²) < 4.78 is 2.01. The third kappa shape index (κ3) is 4.66. The van der Waals surface area contributed by atoms with Crippen molar-refractivity contribution in [2.75, 3.05) is 20.1 Å². The molecule has 152 valence electrons. The minimum absolute atomic E-state index is 0.242. The number of guanidine groups is 1. The van der Waals surface area contributed by atoms with Crippen LogP contribution < -0.4 is 10.6 Å². The predicted octanol–water partition coefficient (Wildman–Crippen LogP) is 3.27. The van der Waals surface area contributed by atoms with Crippen LogP contribution in [0.3, 0.4) is 0 Å². The van der Waals surface area contributed by atoms with Crippen LogP contribution >= 0.6 is 0 Å². The Morgan fingerprint density at radius 2 is 1.53 bits per heavy atom. The number of aromatic nitrogens is 3. The lowest BCUT2D eigenvalue weighted by atomic mass is 9.91. The number of benzene rings is 2. The minimum Gasteiger partial charge on any atom is -0.356 e. The Labute approximate surface area is 176 Å². The molecular formula is C24H26N6. The molecule has 0 radical (unpaired) electrons. The molecule has 0 fully saturated rings. The van der Waals surface area contributed by atoms with Gasteiger partial charge in [-0.25, -0.2) is 0 Å². The monoisotopic (exact) mass is 398 g/mol. The first kappa shape index (κ1) is 19.6. The standard InChI is InChI=1S/C24H26N6/c1-25-24(26-16-15-23-29-28-22-14-8-9-17-30(22)23)27-18-21(19-10-4-2-5-11-19)20-12-6-3-7-13-20/h2-14,17,21H,15-16,18H2,1H3,(H2,25,26,27). The molecule has 0 unspecified atom stereocenters. The van der Waals surface area contributed by atoms with Gasteiger partial charge in [0, 0.05) is 38.7 Å². The van der Waals surface area contributed by atoms with E-state index in [1.807, 2.05) is 40.9 Å². The van der Waals surface area contributed by atoms with E-state index in [2.05, 4.69) is 74.4 Å². The van der Waals surface area contributed by atoms with Gasteiger partial charge in [0.15, 0.2) is 11.6 Å². The molecule has 6 nitrogen and oxygen atoms in total. The summed E-state index contributed by atoms with van der Waals surface area (Å²) in [5, 5.41) is 15.4. The number of nitrogens with one attached hydrogen (secondary N) is 2. The van der Waals surface area contributed by atoms with Crippen molar-refractivity contribution in [3.63, 3.8) is 0 Å². The van der Waals surface area contributed by atoms with E-state index in [0.29, 0.717) is 0 Å². The van der Waals surface area contributed by atoms with Gasteiger partial charge in [0.05, 0.1) is 0 Å². The molecular weight excluding hydrogens is 372 g/mol. The molecule has 2 heterocycles. The number of hydrogen-bond donors (Lipinski definition) is 2. The average Bonchev–Trinajstić information content (AvgIpc) is 3.22. The van der Waals surface area contributed by atoms with Crippen molar-refractivity contribution >= 4 is 11.6 Å². The molecule has 0 aliphatic carbocycles. The van der Waals surface area contributed by atoms with Crippen LogP contribution in [0.15, 0.2) is 90.1 Å². The van der Waals surface area contributed by atoms with Crippen molar-refractivity contribution in [1.82, 2.24) is 25.2 Å².